The molecule has 0 saturated carbocycles. The first-order chi connectivity index (χ1) is 13.3. The number of esters is 1. The van der Waals surface area contributed by atoms with Crippen LogP contribution in [0.25, 0.3) is 0 Å². The molecule has 0 bridgehead atoms. The lowest BCUT2D eigenvalue weighted by molar-refractivity contribution is -0.142. The zero-order chi connectivity index (χ0) is 20.7. The number of hydrogen-bond donors (Lipinski definition) is 2. The molecule has 0 amide bonds. The van der Waals surface area contributed by atoms with Gasteiger partial charge in [0.25, 0.3) is 0 Å². The van der Waals surface area contributed by atoms with Crippen molar-refractivity contribution < 1.29 is 29.2 Å². The largest absolute Gasteiger partial charge is 0.504 e. The van der Waals surface area contributed by atoms with Crippen LogP contribution in [0.15, 0.2) is 36.4 Å². The Morgan fingerprint density at radius 3 is 1.89 bits per heavy atom. The first kappa shape index (κ1) is 21.4. The Morgan fingerprint density at radius 2 is 1.43 bits per heavy atom. The second-order valence-electron chi connectivity index (χ2n) is 6.96. The molecule has 152 valence electrons. The molecule has 0 fully saturated rings. The Morgan fingerprint density at radius 1 is 0.929 bits per heavy atom. The Bertz CT molecular complexity index is 802. The molecule has 0 aliphatic carbocycles. The van der Waals surface area contributed by atoms with Gasteiger partial charge in [0.1, 0.15) is 0 Å². The van der Waals surface area contributed by atoms with Crippen molar-refractivity contribution in [2.75, 3.05) is 20.8 Å². The van der Waals surface area contributed by atoms with Crippen LogP contribution in [0.1, 0.15) is 25.0 Å². The SMILES string of the molecule is COc1cc(C[C@@H](COC(C)=O)[C@@H](C)Cc2ccc(O)c(OC)c2)ccc1O. The summed E-state index contributed by atoms with van der Waals surface area (Å²) in [5.74, 6) is 0.987. The molecule has 0 aliphatic rings. The van der Waals surface area contributed by atoms with E-state index in [4.69, 9.17) is 14.2 Å². The Labute approximate surface area is 165 Å². The van der Waals surface area contributed by atoms with Crippen molar-refractivity contribution in [3.8, 4) is 23.0 Å². The maximum atomic E-state index is 11.3. The second-order valence-corrected chi connectivity index (χ2v) is 6.96. The predicted octanol–water partition coefficient (Wildman–Crippen LogP) is 3.72. The molecule has 2 atom stereocenters. The van der Waals surface area contributed by atoms with Gasteiger partial charge >= 0.3 is 5.97 Å². The number of phenols is 2. The average molecular weight is 388 g/mol. The highest BCUT2D eigenvalue weighted by atomic mass is 16.5. The normalized spacial score (nSPS) is 12.9. The van der Waals surface area contributed by atoms with E-state index in [9.17, 15) is 15.0 Å². The van der Waals surface area contributed by atoms with E-state index in [1.54, 1.807) is 18.2 Å². The van der Waals surface area contributed by atoms with E-state index in [1.165, 1.54) is 21.1 Å². The highest BCUT2D eigenvalue weighted by molar-refractivity contribution is 5.65. The van der Waals surface area contributed by atoms with E-state index < -0.39 is 0 Å². The van der Waals surface area contributed by atoms with Gasteiger partial charge in [0.2, 0.25) is 0 Å². The molecular weight excluding hydrogens is 360 g/mol. The van der Waals surface area contributed by atoms with Crippen LogP contribution in [0.2, 0.25) is 0 Å². The molecule has 0 aromatic heterocycles. The summed E-state index contributed by atoms with van der Waals surface area (Å²) >= 11 is 0. The van der Waals surface area contributed by atoms with E-state index in [1.807, 2.05) is 18.2 Å². The third kappa shape index (κ3) is 5.81. The molecule has 0 heterocycles. The van der Waals surface area contributed by atoms with Crippen molar-refractivity contribution in [1.82, 2.24) is 0 Å². The van der Waals surface area contributed by atoms with Crippen molar-refractivity contribution in [3.05, 3.63) is 47.5 Å². The third-order valence-corrected chi connectivity index (χ3v) is 4.85. The average Bonchev–Trinajstić information content (AvgIpc) is 2.67. The first-order valence-corrected chi connectivity index (χ1v) is 9.19. The Hall–Kier alpha value is -2.89. The summed E-state index contributed by atoms with van der Waals surface area (Å²) in [7, 11) is 3.03. The van der Waals surface area contributed by atoms with Gasteiger partial charge in [0.15, 0.2) is 23.0 Å². The summed E-state index contributed by atoms with van der Waals surface area (Å²) in [6.07, 6.45) is 1.40. The topological polar surface area (TPSA) is 85.2 Å². The minimum Gasteiger partial charge on any atom is -0.504 e. The van der Waals surface area contributed by atoms with Crippen LogP contribution >= 0.6 is 0 Å². The monoisotopic (exact) mass is 388 g/mol. The number of ether oxygens (including phenoxy) is 3. The van der Waals surface area contributed by atoms with E-state index >= 15 is 0 Å². The second kappa shape index (κ2) is 9.88. The molecule has 0 aliphatic heterocycles. The summed E-state index contributed by atoms with van der Waals surface area (Å²) in [5.41, 5.74) is 2.01. The molecule has 2 rings (SSSR count). The van der Waals surface area contributed by atoms with E-state index in [0.29, 0.717) is 24.5 Å². The summed E-state index contributed by atoms with van der Waals surface area (Å²) in [5, 5.41) is 19.6. The van der Waals surface area contributed by atoms with Gasteiger partial charge in [-0.1, -0.05) is 19.1 Å². The molecule has 0 unspecified atom stereocenters. The van der Waals surface area contributed by atoms with E-state index in [0.717, 1.165) is 17.5 Å². The summed E-state index contributed by atoms with van der Waals surface area (Å²) in [6.45, 7) is 3.80. The van der Waals surface area contributed by atoms with Gasteiger partial charge in [0.05, 0.1) is 20.8 Å². The minimum atomic E-state index is -0.313. The molecule has 0 radical (unpaired) electrons. The predicted molar refractivity (Wildman–Crippen MR) is 106 cm³/mol. The van der Waals surface area contributed by atoms with Gasteiger partial charge < -0.3 is 24.4 Å². The van der Waals surface area contributed by atoms with Gasteiger partial charge in [-0.2, -0.15) is 0 Å². The molecular formula is C22H28O6. The molecule has 0 spiro atoms. The van der Waals surface area contributed by atoms with Gasteiger partial charge in [-0.3, -0.25) is 4.79 Å². The maximum absolute atomic E-state index is 11.3. The van der Waals surface area contributed by atoms with Crippen LogP contribution in [-0.2, 0) is 22.4 Å². The molecule has 2 N–H and O–H groups in total. The number of phenolic OH excluding ortho intramolecular Hbond substituents is 2. The van der Waals surface area contributed by atoms with Crippen LogP contribution in [0.3, 0.4) is 0 Å². The number of rotatable bonds is 9. The Balaban J connectivity index is 2.18. The van der Waals surface area contributed by atoms with E-state index in [2.05, 4.69) is 6.92 Å². The summed E-state index contributed by atoms with van der Waals surface area (Å²) < 4.78 is 15.7. The van der Waals surface area contributed by atoms with Gasteiger partial charge in [-0.15, -0.1) is 0 Å². The molecule has 6 nitrogen and oxygen atoms in total. The van der Waals surface area contributed by atoms with Crippen LogP contribution in [0.5, 0.6) is 23.0 Å². The number of carbonyl (C=O) groups excluding carboxylic acids is 1. The fourth-order valence-corrected chi connectivity index (χ4v) is 3.19. The van der Waals surface area contributed by atoms with Crippen molar-refractivity contribution in [3.63, 3.8) is 0 Å². The lowest BCUT2D eigenvalue weighted by atomic mass is 9.84. The maximum Gasteiger partial charge on any atom is 0.302 e. The highest BCUT2D eigenvalue weighted by Crippen LogP contribution is 2.31. The highest BCUT2D eigenvalue weighted by Gasteiger charge is 2.21. The lowest BCUT2D eigenvalue weighted by Gasteiger charge is -2.24. The number of carbonyl (C=O) groups is 1. The molecule has 2 aromatic rings. The van der Waals surface area contributed by atoms with Crippen molar-refractivity contribution in [2.45, 2.75) is 26.7 Å². The fourth-order valence-electron chi connectivity index (χ4n) is 3.19. The van der Waals surface area contributed by atoms with Crippen molar-refractivity contribution in [1.29, 1.82) is 0 Å². The first-order valence-electron chi connectivity index (χ1n) is 9.19. The van der Waals surface area contributed by atoms with Crippen molar-refractivity contribution >= 4 is 5.97 Å². The quantitative estimate of drug-likeness (QED) is 0.637. The van der Waals surface area contributed by atoms with Gasteiger partial charge in [-0.25, -0.2) is 0 Å². The third-order valence-electron chi connectivity index (χ3n) is 4.85. The van der Waals surface area contributed by atoms with Crippen LogP contribution in [-0.4, -0.2) is 37.0 Å². The van der Waals surface area contributed by atoms with Crippen LogP contribution in [0.4, 0.5) is 0 Å². The molecule has 2 aromatic carbocycles. The summed E-state index contributed by atoms with van der Waals surface area (Å²) in [4.78, 5) is 11.3. The zero-order valence-electron chi connectivity index (χ0n) is 16.8. The molecule has 0 saturated heterocycles. The lowest BCUT2D eigenvalue weighted by Crippen LogP contribution is -2.23. The van der Waals surface area contributed by atoms with Gasteiger partial charge in [-0.05, 0) is 54.2 Å². The number of hydrogen-bond acceptors (Lipinski definition) is 6. The van der Waals surface area contributed by atoms with Crippen LogP contribution in [0, 0.1) is 11.8 Å². The number of aromatic hydroxyl groups is 2. The number of benzene rings is 2. The van der Waals surface area contributed by atoms with Crippen molar-refractivity contribution in [2.24, 2.45) is 11.8 Å². The molecule has 6 heteroatoms. The van der Waals surface area contributed by atoms with Gasteiger partial charge in [0, 0.05) is 12.8 Å². The smallest absolute Gasteiger partial charge is 0.302 e. The fraction of sp³-hybridized carbons (Fsp3) is 0.409. The zero-order valence-corrected chi connectivity index (χ0v) is 16.8. The van der Waals surface area contributed by atoms with Crippen LogP contribution < -0.4 is 9.47 Å². The standard InChI is InChI=1S/C22H28O6/c1-14(9-16-5-7-19(24)21(11-16)26-3)18(13-28-15(2)23)10-17-6-8-20(25)22(12-17)27-4/h5-8,11-12,14,18,24-25H,9-10,13H2,1-4H3/t14-,18-/m0/s1. The van der Waals surface area contributed by atoms with E-state index in [-0.39, 0.29) is 29.3 Å². The Kier molecular flexibility index (Phi) is 7.55. The number of methoxy groups -OCH3 is 2. The minimum absolute atomic E-state index is 0.0675. The summed E-state index contributed by atoms with van der Waals surface area (Å²) in [6, 6.07) is 10.5. The molecule has 28 heavy (non-hydrogen) atoms.